The Balaban J connectivity index is 3.26. The van der Waals surface area contributed by atoms with Gasteiger partial charge in [-0.25, -0.2) is 8.78 Å². The van der Waals surface area contributed by atoms with Gasteiger partial charge in [0, 0.05) is 0 Å². The summed E-state index contributed by atoms with van der Waals surface area (Å²) in [6.07, 6.45) is -3.98. The molecule has 96 valence electrons. The maximum absolute atomic E-state index is 13.0. The third-order valence-electron chi connectivity index (χ3n) is 2.25. The Labute approximate surface area is 99.9 Å². The zero-order valence-electron chi connectivity index (χ0n) is 8.88. The highest BCUT2D eigenvalue weighted by Crippen LogP contribution is 2.30. The fourth-order valence-electron chi connectivity index (χ4n) is 1.36. The molecule has 0 aliphatic carbocycles. The maximum atomic E-state index is 13.0. The van der Waals surface area contributed by atoms with E-state index in [-0.39, 0.29) is 0 Å². The van der Waals surface area contributed by atoms with Gasteiger partial charge in [-0.3, -0.25) is 10.1 Å². The molecule has 6 nitrogen and oxygen atoms in total. The molecule has 1 aromatic rings. The first-order valence-corrected chi connectivity index (χ1v) is 4.75. The molecular weight excluding hydrogens is 250 g/mol. The van der Waals surface area contributed by atoms with E-state index in [1.807, 2.05) is 0 Å². The second-order valence-electron chi connectivity index (χ2n) is 3.46. The van der Waals surface area contributed by atoms with Gasteiger partial charge >= 0.3 is 0 Å². The van der Waals surface area contributed by atoms with E-state index < -0.39 is 46.4 Å². The van der Waals surface area contributed by atoms with Crippen LogP contribution in [0.5, 0.6) is 0 Å². The third-order valence-corrected chi connectivity index (χ3v) is 2.25. The van der Waals surface area contributed by atoms with Crippen LogP contribution in [-0.4, -0.2) is 21.2 Å². The average molecular weight is 258 g/mol. The first-order valence-electron chi connectivity index (χ1n) is 4.75. The summed E-state index contributed by atoms with van der Waals surface area (Å²) >= 11 is 0. The van der Waals surface area contributed by atoms with Crippen molar-refractivity contribution in [1.29, 1.82) is 5.26 Å². The van der Waals surface area contributed by atoms with Crippen molar-refractivity contribution in [2.75, 3.05) is 0 Å². The van der Waals surface area contributed by atoms with E-state index in [0.29, 0.717) is 12.1 Å². The molecule has 2 N–H and O–H groups in total. The van der Waals surface area contributed by atoms with Gasteiger partial charge in [0.1, 0.15) is 6.10 Å². The van der Waals surface area contributed by atoms with Gasteiger partial charge in [0.25, 0.3) is 5.69 Å². The standard InChI is InChI=1S/C10H8F2N2O4/c11-6-3-5(10(16)9(15)1-2-13)8(14(17)18)4-7(6)12/h3-4,9-10,15-16H,1H2. The molecule has 0 aliphatic heterocycles. The summed E-state index contributed by atoms with van der Waals surface area (Å²) in [5, 5.41) is 37.8. The molecule has 0 radical (unpaired) electrons. The van der Waals surface area contributed by atoms with Gasteiger partial charge in [-0.2, -0.15) is 5.26 Å². The average Bonchev–Trinajstić information content (AvgIpc) is 2.31. The number of aliphatic hydroxyl groups excluding tert-OH is 2. The highest BCUT2D eigenvalue weighted by molar-refractivity contribution is 5.43. The minimum absolute atomic E-state index is 0.312. The van der Waals surface area contributed by atoms with E-state index in [1.165, 1.54) is 0 Å². The van der Waals surface area contributed by atoms with E-state index in [1.54, 1.807) is 6.07 Å². The lowest BCUT2D eigenvalue weighted by Crippen LogP contribution is -2.19. The number of nitro groups is 1. The van der Waals surface area contributed by atoms with Crippen LogP contribution in [0.4, 0.5) is 14.5 Å². The third kappa shape index (κ3) is 2.77. The minimum Gasteiger partial charge on any atom is -0.389 e. The Hall–Kier alpha value is -2.11. The normalized spacial score (nSPS) is 13.7. The molecule has 0 saturated carbocycles. The van der Waals surface area contributed by atoms with Crippen molar-refractivity contribution in [3.63, 3.8) is 0 Å². The van der Waals surface area contributed by atoms with E-state index in [4.69, 9.17) is 5.26 Å². The van der Waals surface area contributed by atoms with Crippen molar-refractivity contribution in [3.05, 3.63) is 39.4 Å². The van der Waals surface area contributed by atoms with Crippen molar-refractivity contribution in [3.8, 4) is 6.07 Å². The first kappa shape index (κ1) is 14.0. The topological polar surface area (TPSA) is 107 Å². The van der Waals surface area contributed by atoms with Crippen molar-refractivity contribution >= 4 is 5.69 Å². The summed E-state index contributed by atoms with van der Waals surface area (Å²) < 4.78 is 25.8. The van der Waals surface area contributed by atoms with Crippen molar-refractivity contribution in [2.24, 2.45) is 0 Å². The van der Waals surface area contributed by atoms with Crippen LogP contribution in [0, 0.1) is 33.1 Å². The van der Waals surface area contributed by atoms with Gasteiger partial charge in [0.15, 0.2) is 11.6 Å². The van der Waals surface area contributed by atoms with Crippen molar-refractivity contribution < 1.29 is 23.9 Å². The molecule has 0 aliphatic rings. The molecule has 1 aromatic carbocycles. The number of hydrogen-bond donors (Lipinski definition) is 2. The Morgan fingerprint density at radius 3 is 2.44 bits per heavy atom. The van der Waals surface area contributed by atoms with Crippen LogP contribution in [-0.2, 0) is 0 Å². The number of nitro benzene ring substituents is 1. The molecule has 0 saturated heterocycles. The number of aliphatic hydroxyl groups is 2. The van der Waals surface area contributed by atoms with Gasteiger partial charge in [-0.05, 0) is 6.07 Å². The molecule has 2 atom stereocenters. The summed E-state index contributed by atoms with van der Waals surface area (Å²) in [7, 11) is 0. The number of rotatable bonds is 4. The van der Waals surface area contributed by atoms with Crippen LogP contribution in [0.1, 0.15) is 18.1 Å². The van der Waals surface area contributed by atoms with Gasteiger partial charge in [-0.1, -0.05) is 0 Å². The lowest BCUT2D eigenvalue weighted by Gasteiger charge is -2.15. The largest absolute Gasteiger partial charge is 0.389 e. The second kappa shape index (κ2) is 5.48. The molecule has 2 unspecified atom stereocenters. The summed E-state index contributed by atoms with van der Waals surface area (Å²) in [6, 6.07) is 2.29. The first-order chi connectivity index (χ1) is 8.38. The monoisotopic (exact) mass is 258 g/mol. The highest BCUT2D eigenvalue weighted by atomic mass is 19.2. The lowest BCUT2D eigenvalue weighted by molar-refractivity contribution is -0.386. The minimum atomic E-state index is -1.85. The number of hydrogen-bond acceptors (Lipinski definition) is 5. The van der Waals surface area contributed by atoms with Crippen LogP contribution in [0.3, 0.4) is 0 Å². The molecule has 0 aromatic heterocycles. The smallest absolute Gasteiger partial charge is 0.278 e. The Kier molecular flexibility index (Phi) is 4.25. The Morgan fingerprint density at radius 1 is 1.39 bits per heavy atom. The number of halogens is 2. The zero-order chi connectivity index (χ0) is 13.9. The molecule has 8 heteroatoms. The van der Waals surface area contributed by atoms with E-state index >= 15 is 0 Å². The molecular formula is C10H8F2N2O4. The molecule has 0 spiro atoms. The van der Waals surface area contributed by atoms with Crippen LogP contribution in [0.2, 0.25) is 0 Å². The molecule has 0 bridgehead atoms. The second-order valence-corrected chi connectivity index (χ2v) is 3.46. The summed E-state index contributed by atoms with van der Waals surface area (Å²) in [5.41, 5.74) is -1.44. The zero-order valence-corrected chi connectivity index (χ0v) is 8.88. The highest BCUT2D eigenvalue weighted by Gasteiger charge is 2.28. The van der Waals surface area contributed by atoms with E-state index in [9.17, 15) is 29.1 Å². The van der Waals surface area contributed by atoms with Gasteiger partial charge < -0.3 is 10.2 Å². The van der Waals surface area contributed by atoms with Crippen LogP contribution in [0.15, 0.2) is 12.1 Å². The van der Waals surface area contributed by atoms with Crippen molar-refractivity contribution in [1.82, 2.24) is 0 Å². The quantitative estimate of drug-likeness (QED) is 0.622. The van der Waals surface area contributed by atoms with Gasteiger partial charge in [0.2, 0.25) is 0 Å². The van der Waals surface area contributed by atoms with E-state index in [0.717, 1.165) is 0 Å². The Morgan fingerprint density at radius 2 is 1.94 bits per heavy atom. The summed E-state index contributed by atoms with van der Waals surface area (Å²) in [5.74, 6) is -2.83. The molecule has 0 amide bonds. The van der Waals surface area contributed by atoms with Crippen LogP contribution in [0.25, 0.3) is 0 Å². The predicted molar refractivity (Wildman–Crippen MR) is 54.2 cm³/mol. The maximum Gasteiger partial charge on any atom is 0.278 e. The van der Waals surface area contributed by atoms with Crippen LogP contribution < -0.4 is 0 Å². The SMILES string of the molecule is N#CCC(O)C(O)c1cc(F)c(F)cc1[N+](=O)[O-]. The number of nitriles is 1. The summed E-state index contributed by atoms with van der Waals surface area (Å²) in [4.78, 5) is 9.62. The van der Waals surface area contributed by atoms with Crippen molar-refractivity contribution in [2.45, 2.75) is 18.6 Å². The van der Waals surface area contributed by atoms with Gasteiger partial charge in [0.05, 0.1) is 35.1 Å². The summed E-state index contributed by atoms with van der Waals surface area (Å²) in [6.45, 7) is 0. The molecule has 18 heavy (non-hydrogen) atoms. The molecule has 0 heterocycles. The molecule has 1 rings (SSSR count). The predicted octanol–water partition coefficient (Wildman–Crippen LogP) is 1.18. The van der Waals surface area contributed by atoms with Gasteiger partial charge in [-0.15, -0.1) is 0 Å². The molecule has 0 fully saturated rings. The number of nitrogens with zero attached hydrogens (tertiary/aromatic N) is 2. The fourth-order valence-corrected chi connectivity index (χ4v) is 1.36. The van der Waals surface area contributed by atoms with Crippen LogP contribution >= 0.6 is 0 Å². The fraction of sp³-hybridized carbons (Fsp3) is 0.300. The number of benzene rings is 1. The Bertz CT molecular complexity index is 515. The van der Waals surface area contributed by atoms with E-state index in [2.05, 4.69) is 0 Å². The lowest BCUT2D eigenvalue weighted by atomic mass is 10.0.